The molecule has 1 heterocycles. The van der Waals surface area contributed by atoms with E-state index in [1.807, 2.05) is 38.2 Å². The number of guanidine groups is 1. The predicted molar refractivity (Wildman–Crippen MR) is 111 cm³/mol. The van der Waals surface area contributed by atoms with Crippen molar-refractivity contribution >= 4 is 11.6 Å². The molecule has 0 amide bonds. The number of hydrogen-bond donors (Lipinski definition) is 2. The summed E-state index contributed by atoms with van der Waals surface area (Å²) in [5, 5.41) is 3.09. The van der Waals surface area contributed by atoms with Crippen LogP contribution in [0.2, 0.25) is 0 Å². The van der Waals surface area contributed by atoms with Gasteiger partial charge >= 0.3 is 6.18 Å². The Labute approximate surface area is 169 Å². The molecule has 0 saturated carbocycles. The standard InChI is InChI=1S/C22H27F3N4/c1-15-5-11-19(12-6-15)28-21(26)27-14-17-4-3-13-29(2)20(17)16-7-9-18(10-8-16)22(23,24)25/h5-12,17,20H,3-4,13-14H2,1-2H3,(H3,26,27,28). The van der Waals surface area contributed by atoms with Gasteiger partial charge in [0, 0.05) is 18.3 Å². The number of piperidine rings is 1. The molecule has 2 atom stereocenters. The first kappa shape index (κ1) is 21.2. The predicted octanol–water partition coefficient (Wildman–Crippen LogP) is 4.82. The Balaban J connectivity index is 1.71. The molecule has 0 radical (unpaired) electrons. The van der Waals surface area contributed by atoms with Crippen LogP contribution >= 0.6 is 0 Å². The number of rotatable bonds is 4. The van der Waals surface area contributed by atoms with E-state index in [4.69, 9.17) is 5.73 Å². The Morgan fingerprint density at radius 3 is 2.41 bits per heavy atom. The van der Waals surface area contributed by atoms with Crippen molar-refractivity contribution in [2.75, 3.05) is 25.5 Å². The van der Waals surface area contributed by atoms with Gasteiger partial charge in [-0.2, -0.15) is 13.2 Å². The lowest BCUT2D eigenvalue weighted by Gasteiger charge is -2.39. The minimum absolute atomic E-state index is 0.0157. The van der Waals surface area contributed by atoms with Gasteiger partial charge in [0.15, 0.2) is 5.96 Å². The van der Waals surface area contributed by atoms with Crippen LogP contribution in [0.15, 0.2) is 53.5 Å². The Morgan fingerprint density at radius 1 is 1.14 bits per heavy atom. The monoisotopic (exact) mass is 404 g/mol. The molecule has 29 heavy (non-hydrogen) atoms. The molecule has 1 aliphatic rings. The zero-order valence-corrected chi connectivity index (χ0v) is 16.7. The summed E-state index contributed by atoms with van der Waals surface area (Å²) in [5.74, 6) is 0.525. The van der Waals surface area contributed by atoms with Crippen LogP contribution in [0.1, 0.15) is 35.6 Å². The van der Waals surface area contributed by atoms with Gasteiger partial charge in [0.2, 0.25) is 0 Å². The molecule has 2 aromatic rings. The van der Waals surface area contributed by atoms with Gasteiger partial charge in [-0.25, -0.2) is 0 Å². The van der Waals surface area contributed by atoms with Crippen molar-refractivity contribution in [2.24, 2.45) is 16.6 Å². The van der Waals surface area contributed by atoms with Crippen LogP contribution in [0.25, 0.3) is 0 Å². The smallest absolute Gasteiger partial charge is 0.370 e. The lowest BCUT2D eigenvalue weighted by molar-refractivity contribution is -0.137. The van der Waals surface area contributed by atoms with Gasteiger partial charge < -0.3 is 11.1 Å². The zero-order valence-electron chi connectivity index (χ0n) is 16.7. The third-order valence-corrected chi connectivity index (χ3v) is 5.41. The van der Waals surface area contributed by atoms with Crippen LogP contribution in [0, 0.1) is 12.8 Å². The average molecular weight is 404 g/mol. The highest BCUT2D eigenvalue weighted by Gasteiger charge is 2.33. The quantitative estimate of drug-likeness (QED) is 0.567. The van der Waals surface area contributed by atoms with E-state index in [1.165, 1.54) is 0 Å². The van der Waals surface area contributed by atoms with Gasteiger partial charge in [0.05, 0.1) is 5.56 Å². The summed E-state index contributed by atoms with van der Waals surface area (Å²) in [5.41, 5.74) is 8.34. The van der Waals surface area contributed by atoms with Crippen LogP contribution in [0.4, 0.5) is 18.9 Å². The average Bonchev–Trinajstić information content (AvgIpc) is 2.68. The highest BCUT2D eigenvalue weighted by atomic mass is 19.4. The molecule has 156 valence electrons. The van der Waals surface area contributed by atoms with Crippen molar-refractivity contribution in [3.8, 4) is 0 Å². The van der Waals surface area contributed by atoms with Crippen molar-refractivity contribution in [2.45, 2.75) is 32.0 Å². The first-order chi connectivity index (χ1) is 13.7. The second-order valence-corrected chi connectivity index (χ2v) is 7.66. The number of aryl methyl sites for hydroxylation is 1. The summed E-state index contributed by atoms with van der Waals surface area (Å²) in [7, 11) is 2.01. The second kappa shape index (κ2) is 8.86. The maximum atomic E-state index is 12.9. The molecule has 3 N–H and O–H groups in total. The third-order valence-electron chi connectivity index (χ3n) is 5.41. The lowest BCUT2D eigenvalue weighted by atomic mass is 9.84. The number of halogens is 3. The minimum atomic E-state index is -4.32. The maximum Gasteiger partial charge on any atom is 0.416 e. The molecule has 0 aromatic heterocycles. The second-order valence-electron chi connectivity index (χ2n) is 7.66. The Bertz CT molecular complexity index is 829. The molecule has 0 aliphatic carbocycles. The molecule has 2 aromatic carbocycles. The topological polar surface area (TPSA) is 53.6 Å². The van der Waals surface area contributed by atoms with E-state index in [9.17, 15) is 13.2 Å². The first-order valence-electron chi connectivity index (χ1n) is 9.75. The number of likely N-dealkylation sites (tertiary alicyclic amines) is 1. The number of nitrogens with zero attached hydrogens (tertiary/aromatic N) is 2. The molecule has 1 saturated heterocycles. The summed E-state index contributed by atoms with van der Waals surface area (Å²) in [4.78, 5) is 6.70. The summed E-state index contributed by atoms with van der Waals surface area (Å²) < 4.78 is 38.6. The molecule has 0 bridgehead atoms. The van der Waals surface area contributed by atoms with Gasteiger partial charge in [-0.3, -0.25) is 9.89 Å². The minimum Gasteiger partial charge on any atom is -0.370 e. The van der Waals surface area contributed by atoms with Crippen molar-refractivity contribution in [3.63, 3.8) is 0 Å². The first-order valence-corrected chi connectivity index (χ1v) is 9.75. The zero-order chi connectivity index (χ0) is 21.0. The van der Waals surface area contributed by atoms with Crippen LogP contribution < -0.4 is 11.1 Å². The molecule has 4 nitrogen and oxygen atoms in total. The van der Waals surface area contributed by atoms with Crippen LogP contribution in [-0.4, -0.2) is 31.0 Å². The van der Waals surface area contributed by atoms with E-state index in [-0.39, 0.29) is 12.0 Å². The fraction of sp³-hybridized carbons (Fsp3) is 0.409. The molecular weight excluding hydrogens is 377 g/mol. The fourth-order valence-electron chi connectivity index (χ4n) is 3.89. The molecule has 0 spiro atoms. The molecule has 7 heteroatoms. The number of hydrogen-bond acceptors (Lipinski definition) is 2. The van der Waals surface area contributed by atoms with Crippen molar-refractivity contribution < 1.29 is 13.2 Å². The number of nitrogens with one attached hydrogen (secondary N) is 1. The summed E-state index contributed by atoms with van der Waals surface area (Å²) in [6.07, 6.45) is -2.34. The molecule has 2 unspecified atom stereocenters. The van der Waals surface area contributed by atoms with Crippen molar-refractivity contribution in [1.82, 2.24) is 4.90 Å². The number of nitrogens with two attached hydrogens (primary N) is 1. The fourth-order valence-corrected chi connectivity index (χ4v) is 3.89. The number of anilines is 1. The largest absolute Gasteiger partial charge is 0.416 e. The van der Waals surface area contributed by atoms with Gasteiger partial charge in [-0.05, 0) is 69.1 Å². The van der Waals surface area contributed by atoms with Crippen molar-refractivity contribution in [3.05, 3.63) is 65.2 Å². The van der Waals surface area contributed by atoms with Gasteiger partial charge in [0.25, 0.3) is 0 Å². The Morgan fingerprint density at radius 2 is 1.79 bits per heavy atom. The summed E-state index contributed by atoms with van der Waals surface area (Å²) >= 11 is 0. The van der Waals surface area contributed by atoms with Gasteiger partial charge in [0.1, 0.15) is 0 Å². The third kappa shape index (κ3) is 5.50. The SMILES string of the molecule is Cc1ccc(NC(N)=NCC2CCCN(C)C2c2ccc(C(F)(F)F)cc2)cc1. The summed E-state index contributed by atoms with van der Waals surface area (Å²) in [6, 6.07) is 13.4. The lowest BCUT2D eigenvalue weighted by Crippen LogP contribution is -2.38. The van der Waals surface area contributed by atoms with Crippen molar-refractivity contribution in [1.29, 1.82) is 0 Å². The van der Waals surface area contributed by atoms with Gasteiger partial charge in [-0.15, -0.1) is 0 Å². The van der Waals surface area contributed by atoms with Gasteiger partial charge in [-0.1, -0.05) is 29.8 Å². The normalized spacial score (nSPS) is 21.2. The molecule has 1 aliphatic heterocycles. The number of alkyl halides is 3. The van der Waals surface area contributed by atoms with E-state index in [2.05, 4.69) is 15.2 Å². The van der Waals surface area contributed by atoms with Crippen LogP contribution in [-0.2, 0) is 6.18 Å². The van der Waals surface area contributed by atoms with E-state index in [1.54, 1.807) is 12.1 Å². The highest BCUT2D eigenvalue weighted by molar-refractivity contribution is 5.92. The van der Waals surface area contributed by atoms with Crippen LogP contribution in [0.5, 0.6) is 0 Å². The van der Waals surface area contributed by atoms with Crippen LogP contribution in [0.3, 0.4) is 0 Å². The van der Waals surface area contributed by atoms with E-state index >= 15 is 0 Å². The molecule has 3 rings (SSSR count). The molecule has 1 fully saturated rings. The molecular formula is C22H27F3N4. The number of aliphatic imine (C=N–C) groups is 1. The maximum absolute atomic E-state index is 12.9. The summed E-state index contributed by atoms with van der Waals surface area (Å²) in [6.45, 7) is 3.44. The van der Waals surface area contributed by atoms with E-state index < -0.39 is 11.7 Å². The highest BCUT2D eigenvalue weighted by Crippen LogP contribution is 2.37. The Kier molecular flexibility index (Phi) is 6.47. The van der Waals surface area contributed by atoms with E-state index in [0.717, 1.165) is 48.3 Å². The van der Waals surface area contributed by atoms with E-state index in [0.29, 0.717) is 12.5 Å². The Hall–Kier alpha value is -2.54. The number of benzene rings is 2.